The predicted molar refractivity (Wildman–Crippen MR) is 81.1 cm³/mol. The van der Waals surface area contributed by atoms with E-state index < -0.39 is 10.7 Å². The summed E-state index contributed by atoms with van der Waals surface area (Å²) in [6, 6.07) is 8.79. The highest BCUT2D eigenvalue weighted by atomic mass is 79.9. The van der Waals surface area contributed by atoms with E-state index in [0.29, 0.717) is 21.3 Å². The lowest BCUT2D eigenvalue weighted by atomic mass is 10.2. The standard InChI is InChI=1S/C14H10BrClFNO3/c15-11-2-1-9(13(17)6-11)8-21-14-4-3-12(18(19)20)5-10(14)7-16/h1-6H,7-8H2. The minimum absolute atomic E-state index is 0.0147. The van der Waals surface area contributed by atoms with Gasteiger partial charge >= 0.3 is 0 Å². The van der Waals surface area contributed by atoms with Crippen molar-refractivity contribution in [2.45, 2.75) is 12.5 Å². The first-order chi connectivity index (χ1) is 10.0. The van der Waals surface area contributed by atoms with Crippen LogP contribution in [-0.2, 0) is 12.5 Å². The van der Waals surface area contributed by atoms with Gasteiger partial charge in [-0.2, -0.15) is 0 Å². The number of hydrogen-bond donors (Lipinski definition) is 0. The first-order valence-corrected chi connectivity index (χ1v) is 7.24. The van der Waals surface area contributed by atoms with Gasteiger partial charge in [-0.25, -0.2) is 4.39 Å². The van der Waals surface area contributed by atoms with Gasteiger partial charge in [-0.15, -0.1) is 11.6 Å². The van der Waals surface area contributed by atoms with Crippen molar-refractivity contribution < 1.29 is 14.1 Å². The van der Waals surface area contributed by atoms with E-state index >= 15 is 0 Å². The molecule has 21 heavy (non-hydrogen) atoms. The molecule has 0 spiro atoms. The van der Waals surface area contributed by atoms with E-state index in [1.54, 1.807) is 12.1 Å². The predicted octanol–water partition coefficient (Wildman–Crippen LogP) is 4.81. The highest BCUT2D eigenvalue weighted by Gasteiger charge is 2.12. The van der Waals surface area contributed by atoms with Gasteiger partial charge in [0, 0.05) is 27.7 Å². The van der Waals surface area contributed by atoms with Crippen LogP contribution in [0.2, 0.25) is 0 Å². The molecule has 0 unspecified atom stereocenters. The third-order valence-electron chi connectivity index (χ3n) is 2.80. The Hall–Kier alpha value is -1.66. The summed E-state index contributed by atoms with van der Waals surface area (Å²) in [5.41, 5.74) is 0.813. The van der Waals surface area contributed by atoms with Crippen molar-refractivity contribution in [2.75, 3.05) is 0 Å². The van der Waals surface area contributed by atoms with Crippen LogP contribution in [0.4, 0.5) is 10.1 Å². The van der Waals surface area contributed by atoms with Gasteiger partial charge in [0.1, 0.15) is 18.2 Å². The van der Waals surface area contributed by atoms with Crippen LogP contribution in [0, 0.1) is 15.9 Å². The summed E-state index contributed by atoms with van der Waals surface area (Å²) >= 11 is 8.93. The zero-order chi connectivity index (χ0) is 15.4. The minimum atomic E-state index is -0.506. The topological polar surface area (TPSA) is 52.4 Å². The minimum Gasteiger partial charge on any atom is -0.488 e. The molecule has 0 fully saturated rings. The second-order valence-corrected chi connectivity index (χ2v) is 5.39. The third-order valence-corrected chi connectivity index (χ3v) is 3.58. The lowest BCUT2D eigenvalue weighted by Crippen LogP contribution is -2.01. The normalized spacial score (nSPS) is 10.4. The molecule has 0 N–H and O–H groups in total. The van der Waals surface area contributed by atoms with E-state index in [2.05, 4.69) is 15.9 Å². The molecule has 0 heterocycles. The molecule has 2 aromatic carbocycles. The van der Waals surface area contributed by atoms with Crippen molar-refractivity contribution in [1.82, 2.24) is 0 Å². The molecule has 7 heteroatoms. The van der Waals surface area contributed by atoms with E-state index in [9.17, 15) is 14.5 Å². The van der Waals surface area contributed by atoms with Gasteiger partial charge in [0.05, 0.1) is 10.8 Å². The molecule has 0 aliphatic rings. The van der Waals surface area contributed by atoms with Crippen molar-refractivity contribution in [3.63, 3.8) is 0 Å². The molecule has 2 rings (SSSR count). The number of nitrogens with zero attached hydrogens (tertiary/aromatic N) is 1. The highest BCUT2D eigenvalue weighted by Crippen LogP contribution is 2.27. The summed E-state index contributed by atoms with van der Waals surface area (Å²) in [7, 11) is 0. The Balaban J connectivity index is 2.17. The van der Waals surface area contributed by atoms with Crippen molar-refractivity contribution in [3.05, 3.63) is 67.9 Å². The Morgan fingerprint density at radius 2 is 2.00 bits per heavy atom. The summed E-state index contributed by atoms with van der Waals surface area (Å²) in [4.78, 5) is 10.2. The molecule has 0 saturated heterocycles. The first-order valence-electron chi connectivity index (χ1n) is 5.91. The van der Waals surface area contributed by atoms with E-state index in [0.717, 1.165) is 0 Å². The molecule has 0 atom stereocenters. The maximum absolute atomic E-state index is 13.7. The Bertz CT molecular complexity index is 681. The quantitative estimate of drug-likeness (QED) is 0.428. The van der Waals surface area contributed by atoms with Crippen molar-refractivity contribution in [2.24, 2.45) is 0 Å². The molecule has 0 aromatic heterocycles. The number of nitro benzene ring substituents is 1. The lowest BCUT2D eigenvalue weighted by Gasteiger charge is -2.10. The van der Waals surface area contributed by atoms with Gasteiger partial charge in [0.2, 0.25) is 0 Å². The molecule has 0 radical (unpaired) electrons. The molecular weight excluding hydrogens is 365 g/mol. The van der Waals surface area contributed by atoms with Crippen LogP contribution in [0.1, 0.15) is 11.1 Å². The lowest BCUT2D eigenvalue weighted by molar-refractivity contribution is -0.384. The second kappa shape index (κ2) is 6.87. The SMILES string of the molecule is O=[N+]([O-])c1ccc(OCc2ccc(Br)cc2F)c(CCl)c1. The zero-order valence-electron chi connectivity index (χ0n) is 10.7. The fourth-order valence-corrected chi connectivity index (χ4v) is 2.26. The Kier molecular flexibility index (Phi) is 5.14. The fraction of sp³-hybridized carbons (Fsp3) is 0.143. The number of halogens is 3. The highest BCUT2D eigenvalue weighted by molar-refractivity contribution is 9.10. The second-order valence-electron chi connectivity index (χ2n) is 4.21. The molecular formula is C14H10BrClFNO3. The number of hydrogen-bond acceptors (Lipinski definition) is 3. The van der Waals surface area contributed by atoms with E-state index in [1.807, 2.05) is 0 Å². The van der Waals surface area contributed by atoms with Gasteiger partial charge in [0.15, 0.2) is 0 Å². The zero-order valence-corrected chi connectivity index (χ0v) is 13.0. The van der Waals surface area contributed by atoms with E-state index in [-0.39, 0.29) is 18.2 Å². The Morgan fingerprint density at radius 3 is 2.62 bits per heavy atom. The molecule has 0 amide bonds. The van der Waals surface area contributed by atoms with Crippen LogP contribution in [0.25, 0.3) is 0 Å². The average Bonchev–Trinajstić information content (AvgIpc) is 2.46. The number of nitro groups is 1. The van der Waals surface area contributed by atoms with Gasteiger partial charge in [0.25, 0.3) is 5.69 Å². The smallest absolute Gasteiger partial charge is 0.270 e. The van der Waals surface area contributed by atoms with Crippen LogP contribution in [0.15, 0.2) is 40.9 Å². The molecule has 0 bridgehead atoms. The monoisotopic (exact) mass is 373 g/mol. The summed E-state index contributed by atoms with van der Waals surface area (Å²) in [6.07, 6.45) is 0. The summed E-state index contributed by atoms with van der Waals surface area (Å²) in [5, 5.41) is 10.7. The molecule has 2 aromatic rings. The van der Waals surface area contributed by atoms with Crippen molar-refractivity contribution in [1.29, 1.82) is 0 Å². The number of alkyl halides is 1. The van der Waals surface area contributed by atoms with Crippen LogP contribution in [0.5, 0.6) is 5.75 Å². The largest absolute Gasteiger partial charge is 0.488 e. The number of ether oxygens (including phenoxy) is 1. The van der Waals surface area contributed by atoms with Crippen LogP contribution < -0.4 is 4.74 Å². The van der Waals surface area contributed by atoms with Crippen LogP contribution >= 0.6 is 27.5 Å². The van der Waals surface area contributed by atoms with Crippen molar-refractivity contribution in [3.8, 4) is 5.75 Å². The Labute approximate surface area is 133 Å². The number of rotatable bonds is 5. The number of benzene rings is 2. The number of non-ortho nitro benzene ring substituents is 1. The van der Waals surface area contributed by atoms with Crippen LogP contribution in [-0.4, -0.2) is 4.92 Å². The summed E-state index contributed by atoms with van der Waals surface area (Å²) < 4.78 is 19.8. The first kappa shape index (κ1) is 15.7. The summed E-state index contributed by atoms with van der Waals surface area (Å²) in [6.45, 7) is 0.0147. The van der Waals surface area contributed by atoms with Crippen molar-refractivity contribution >= 4 is 33.2 Å². The fourth-order valence-electron chi connectivity index (χ4n) is 1.72. The van der Waals surface area contributed by atoms with Crippen LogP contribution in [0.3, 0.4) is 0 Å². The van der Waals surface area contributed by atoms with Gasteiger partial charge in [-0.3, -0.25) is 10.1 Å². The molecule has 4 nitrogen and oxygen atoms in total. The van der Waals surface area contributed by atoms with E-state index in [1.165, 1.54) is 24.3 Å². The van der Waals surface area contributed by atoms with E-state index in [4.69, 9.17) is 16.3 Å². The Morgan fingerprint density at radius 1 is 1.24 bits per heavy atom. The van der Waals surface area contributed by atoms with Gasteiger partial charge in [-0.1, -0.05) is 22.0 Å². The maximum atomic E-state index is 13.7. The molecule has 0 saturated carbocycles. The average molecular weight is 375 g/mol. The van der Waals surface area contributed by atoms with Gasteiger partial charge in [-0.05, 0) is 18.2 Å². The maximum Gasteiger partial charge on any atom is 0.270 e. The summed E-state index contributed by atoms with van der Waals surface area (Å²) in [5.74, 6) is 0.0800. The van der Waals surface area contributed by atoms with Gasteiger partial charge < -0.3 is 4.74 Å². The third kappa shape index (κ3) is 3.92. The molecule has 0 aliphatic carbocycles. The molecule has 110 valence electrons. The molecule has 0 aliphatic heterocycles.